The molecule has 1 heterocycles. The van der Waals surface area contributed by atoms with E-state index in [-0.39, 0.29) is 24.8 Å². The van der Waals surface area contributed by atoms with Gasteiger partial charge in [0.15, 0.2) is 0 Å². The maximum atomic E-state index is 5.71. The smallest absolute Gasteiger partial charge is 0.131 e. The van der Waals surface area contributed by atoms with Crippen molar-refractivity contribution in [3.05, 3.63) is 17.7 Å². The second kappa shape index (κ2) is 13.3. The second-order valence-corrected chi connectivity index (χ2v) is 6.24. The standard InChI is InChI=1S/C19H32N2O3.2ClH/c1-5-6-7-8-16(21-11-9-20-10-12-21)19-17(23-3)13-15(22-2)14-18(19)24-4;;/h13-14,16,20H,5-12H2,1-4H3;2*1H/t16-;;/m0../s1. The predicted octanol–water partition coefficient (Wildman–Crippen LogP) is 4.08. The van der Waals surface area contributed by atoms with Gasteiger partial charge in [-0.3, -0.25) is 4.90 Å². The number of nitrogens with one attached hydrogen (secondary N) is 1. The Labute approximate surface area is 170 Å². The minimum Gasteiger partial charge on any atom is -0.496 e. The van der Waals surface area contributed by atoms with E-state index in [2.05, 4.69) is 17.1 Å². The average Bonchev–Trinajstić information content (AvgIpc) is 2.65. The van der Waals surface area contributed by atoms with Gasteiger partial charge in [0.05, 0.1) is 26.9 Å². The van der Waals surface area contributed by atoms with Crippen LogP contribution < -0.4 is 19.5 Å². The Morgan fingerprint density at radius 1 is 0.962 bits per heavy atom. The van der Waals surface area contributed by atoms with Crippen molar-refractivity contribution in [2.75, 3.05) is 47.5 Å². The molecule has 5 nitrogen and oxygen atoms in total. The molecule has 0 saturated carbocycles. The molecule has 7 heteroatoms. The lowest BCUT2D eigenvalue weighted by Gasteiger charge is -2.36. The van der Waals surface area contributed by atoms with Crippen molar-refractivity contribution in [1.82, 2.24) is 10.2 Å². The third-order valence-corrected chi connectivity index (χ3v) is 4.76. The van der Waals surface area contributed by atoms with Crippen LogP contribution in [0.25, 0.3) is 0 Å². The quantitative estimate of drug-likeness (QED) is 0.623. The van der Waals surface area contributed by atoms with E-state index < -0.39 is 0 Å². The number of nitrogens with zero attached hydrogens (tertiary/aromatic N) is 1. The van der Waals surface area contributed by atoms with Crippen LogP contribution in [0.4, 0.5) is 0 Å². The van der Waals surface area contributed by atoms with Crippen LogP contribution in [-0.2, 0) is 0 Å². The number of hydrogen-bond acceptors (Lipinski definition) is 5. The number of methoxy groups -OCH3 is 3. The van der Waals surface area contributed by atoms with Gasteiger partial charge in [-0.15, -0.1) is 24.8 Å². The van der Waals surface area contributed by atoms with Gasteiger partial charge in [0, 0.05) is 44.4 Å². The van der Waals surface area contributed by atoms with E-state index in [1.165, 1.54) is 19.3 Å². The summed E-state index contributed by atoms with van der Waals surface area (Å²) in [6, 6.07) is 4.24. The highest BCUT2D eigenvalue weighted by molar-refractivity contribution is 5.85. The Morgan fingerprint density at radius 3 is 2.00 bits per heavy atom. The van der Waals surface area contributed by atoms with E-state index in [9.17, 15) is 0 Å². The molecular formula is C19H34Cl2N2O3. The van der Waals surface area contributed by atoms with Crippen molar-refractivity contribution in [2.24, 2.45) is 0 Å². The molecule has 1 aliphatic rings. The molecule has 0 radical (unpaired) electrons. The largest absolute Gasteiger partial charge is 0.496 e. The molecule has 0 aromatic heterocycles. The Morgan fingerprint density at radius 2 is 1.54 bits per heavy atom. The van der Waals surface area contributed by atoms with E-state index in [1.807, 2.05) is 12.1 Å². The Kier molecular flexibility index (Phi) is 12.9. The van der Waals surface area contributed by atoms with Gasteiger partial charge in [-0.25, -0.2) is 0 Å². The monoisotopic (exact) mass is 408 g/mol. The Hall–Kier alpha value is -0.880. The topological polar surface area (TPSA) is 43.0 Å². The van der Waals surface area contributed by atoms with Gasteiger partial charge in [-0.05, 0) is 6.42 Å². The lowest BCUT2D eigenvalue weighted by molar-refractivity contribution is 0.157. The van der Waals surface area contributed by atoms with Gasteiger partial charge in [-0.2, -0.15) is 0 Å². The van der Waals surface area contributed by atoms with Crippen molar-refractivity contribution in [2.45, 2.75) is 38.6 Å². The molecule has 2 rings (SSSR count). The molecule has 0 amide bonds. The molecule has 1 saturated heterocycles. The summed E-state index contributed by atoms with van der Waals surface area (Å²) in [5.74, 6) is 2.47. The molecule has 152 valence electrons. The first-order chi connectivity index (χ1) is 11.7. The van der Waals surface area contributed by atoms with Crippen LogP contribution in [0.3, 0.4) is 0 Å². The summed E-state index contributed by atoms with van der Waals surface area (Å²) in [5, 5.41) is 3.44. The number of ether oxygens (including phenoxy) is 3. The first kappa shape index (κ1) is 25.1. The van der Waals surface area contributed by atoms with Crippen molar-refractivity contribution in [1.29, 1.82) is 0 Å². The molecule has 0 spiro atoms. The molecule has 0 bridgehead atoms. The zero-order valence-corrected chi connectivity index (χ0v) is 18.0. The number of unbranched alkanes of at least 4 members (excludes halogenated alkanes) is 2. The third-order valence-electron chi connectivity index (χ3n) is 4.76. The summed E-state index contributed by atoms with van der Waals surface area (Å²) in [7, 11) is 5.11. The van der Waals surface area contributed by atoms with Gasteiger partial charge in [-0.1, -0.05) is 26.2 Å². The minimum absolute atomic E-state index is 0. The second-order valence-electron chi connectivity index (χ2n) is 6.24. The SMILES string of the molecule is CCCCC[C@@H](c1c(OC)cc(OC)cc1OC)N1CCNCC1.Cl.Cl. The number of halogens is 2. The number of benzene rings is 1. The van der Waals surface area contributed by atoms with Crippen LogP contribution in [0, 0.1) is 0 Å². The van der Waals surface area contributed by atoms with Gasteiger partial charge >= 0.3 is 0 Å². The predicted molar refractivity (Wildman–Crippen MR) is 112 cm³/mol. The van der Waals surface area contributed by atoms with Crippen molar-refractivity contribution < 1.29 is 14.2 Å². The van der Waals surface area contributed by atoms with Crippen LogP contribution >= 0.6 is 24.8 Å². The number of piperazine rings is 1. The normalized spacial score (nSPS) is 15.4. The van der Waals surface area contributed by atoms with E-state index in [1.54, 1.807) is 21.3 Å². The molecule has 1 aromatic carbocycles. The van der Waals surface area contributed by atoms with Crippen molar-refractivity contribution >= 4 is 24.8 Å². The maximum absolute atomic E-state index is 5.71. The van der Waals surface area contributed by atoms with Crippen LogP contribution in [0.2, 0.25) is 0 Å². The van der Waals surface area contributed by atoms with E-state index in [4.69, 9.17) is 14.2 Å². The summed E-state index contributed by atoms with van der Waals surface area (Å²) < 4.78 is 16.8. The molecule has 1 N–H and O–H groups in total. The van der Waals surface area contributed by atoms with E-state index >= 15 is 0 Å². The maximum Gasteiger partial charge on any atom is 0.131 e. The summed E-state index contributed by atoms with van der Waals surface area (Å²) in [5.41, 5.74) is 1.15. The van der Waals surface area contributed by atoms with Crippen LogP contribution in [0.15, 0.2) is 12.1 Å². The third kappa shape index (κ3) is 6.38. The molecular weight excluding hydrogens is 375 g/mol. The summed E-state index contributed by atoms with van der Waals surface area (Å²) in [6.07, 6.45) is 4.81. The zero-order chi connectivity index (χ0) is 17.4. The zero-order valence-electron chi connectivity index (χ0n) is 16.4. The summed E-state index contributed by atoms with van der Waals surface area (Å²) >= 11 is 0. The van der Waals surface area contributed by atoms with Gasteiger partial charge in [0.25, 0.3) is 0 Å². The lowest BCUT2D eigenvalue weighted by Crippen LogP contribution is -2.45. The first-order valence-corrected chi connectivity index (χ1v) is 8.99. The fourth-order valence-electron chi connectivity index (χ4n) is 3.45. The molecule has 1 aromatic rings. The van der Waals surface area contributed by atoms with Gasteiger partial charge < -0.3 is 19.5 Å². The highest BCUT2D eigenvalue weighted by Gasteiger charge is 2.28. The molecule has 1 atom stereocenters. The molecule has 26 heavy (non-hydrogen) atoms. The van der Waals surface area contributed by atoms with Crippen molar-refractivity contribution in [3.63, 3.8) is 0 Å². The molecule has 0 unspecified atom stereocenters. The first-order valence-electron chi connectivity index (χ1n) is 8.99. The highest BCUT2D eigenvalue weighted by atomic mass is 35.5. The minimum atomic E-state index is 0. The fourth-order valence-corrected chi connectivity index (χ4v) is 3.45. The van der Waals surface area contributed by atoms with E-state index in [0.29, 0.717) is 6.04 Å². The summed E-state index contributed by atoms with van der Waals surface area (Å²) in [6.45, 7) is 6.41. The fraction of sp³-hybridized carbons (Fsp3) is 0.684. The number of hydrogen-bond donors (Lipinski definition) is 1. The lowest BCUT2D eigenvalue weighted by atomic mass is 9.96. The molecule has 0 aliphatic carbocycles. The van der Waals surface area contributed by atoms with E-state index in [0.717, 1.165) is 55.4 Å². The summed E-state index contributed by atoms with van der Waals surface area (Å²) in [4.78, 5) is 2.55. The van der Waals surface area contributed by atoms with Crippen molar-refractivity contribution in [3.8, 4) is 17.2 Å². The van der Waals surface area contributed by atoms with Gasteiger partial charge in [0.2, 0.25) is 0 Å². The Balaban J connectivity index is 0.00000312. The molecule has 1 aliphatic heterocycles. The highest BCUT2D eigenvalue weighted by Crippen LogP contribution is 2.42. The number of rotatable bonds is 9. The van der Waals surface area contributed by atoms with Crippen LogP contribution in [-0.4, -0.2) is 52.4 Å². The average molecular weight is 409 g/mol. The van der Waals surface area contributed by atoms with Gasteiger partial charge in [0.1, 0.15) is 17.2 Å². The van der Waals surface area contributed by atoms with Crippen LogP contribution in [0.1, 0.15) is 44.2 Å². The molecule has 1 fully saturated rings. The van der Waals surface area contributed by atoms with Crippen LogP contribution in [0.5, 0.6) is 17.2 Å². The Bertz CT molecular complexity index is 487.